The van der Waals surface area contributed by atoms with E-state index in [0.29, 0.717) is 0 Å². The Labute approximate surface area is 70.0 Å². The lowest BCUT2D eigenvalue weighted by molar-refractivity contribution is 0.147. The van der Waals surface area contributed by atoms with E-state index in [-0.39, 0.29) is 11.3 Å². The Balaban J connectivity index is 3.11. The molecule has 0 amide bonds. The van der Waals surface area contributed by atoms with Gasteiger partial charge in [-0.25, -0.2) is 8.78 Å². The lowest BCUT2D eigenvalue weighted by Gasteiger charge is -2.07. The van der Waals surface area contributed by atoms with Crippen molar-refractivity contribution in [2.45, 2.75) is 13.3 Å². The van der Waals surface area contributed by atoms with Gasteiger partial charge in [-0.1, -0.05) is 6.07 Å². The van der Waals surface area contributed by atoms with Crippen molar-refractivity contribution in [3.8, 4) is 5.75 Å². The zero-order chi connectivity index (χ0) is 9.14. The molecule has 0 radical (unpaired) electrons. The number of methoxy groups -OCH3 is 1. The van der Waals surface area contributed by atoms with Crippen molar-refractivity contribution in [2.75, 3.05) is 7.11 Å². The fraction of sp³-hybridized carbons (Fsp3) is 0.333. The Morgan fingerprint density at radius 1 is 1.33 bits per heavy atom. The molecule has 0 aliphatic heterocycles. The van der Waals surface area contributed by atoms with Crippen LogP contribution in [0.4, 0.5) is 8.78 Å². The Morgan fingerprint density at radius 3 is 2.50 bits per heavy atom. The SMILES string of the molecule is COc1cc(C)ccc1C(F)F. The number of hydrogen-bond acceptors (Lipinski definition) is 1. The van der Waals surface area contributed by atoms with Crippen molar-refractivity contribution < 1.29 is 13.5 Å². The second kappa shape index (κ2) is 3.52. The standard InChI is InChI=1S/C9H10F2O/c1-6-3-4-7(9(10)11)8(5-6)12-2/h3-5,9H,1-2H3. The summed E-state index contributed by atoms with van der Waals surface area (Å²) in [7, 11) is 1.39. The van der Waals surface area contributed by atoms with Gasteiger partial charge in [-0.05, 0) is 24.6 Å². The third-order valence-corrected chi connectivity index (χ3v) is 1.62. The quantitative estimate of drug-likeness (QED) is 0.666. The van der Waals surface area contributed by atoms with Gasteiger partial charge in [-0.2, -0.15) is 0 Å². The molecule has 0 bridgehead atoms. The third-order valence-electron chi connectivity index (χ3n) is 1.62. The average Bonchev–Trinajstić information content (AvgIpc) is 2.03. The van der Waals surface area contributed by atoms with Crippen LogP contribution in [-0.4, -0.2) is 7.11 Å². The first-order chi connectivity index (χ1) is 5.65. The van der Waals surface area contributed by atoms with E-state index in [1.807, 2.05) is 6.92 Å². The third kappa shape index (κ3) is 1.72. The molecule has 0 aromatic heterocycles. The first-order valence-electron chi connectivity index (χ1n) is 3.58. The highest BCUT2D eigenvalue weighted by Gasteiger charge is 2.12. The minimum absolute atomic E-state index is 0.0527. The number of rotatable bonds is 2. The van der Waals surface area contributed by atoms with E-state index >= 15 is 0 Å². The fourth-order valence-corrected chi connectivity index (χ4v) is 0.999. The molecule has 0 spiro atoms. The maximum absolute atomic E-state index is 12.3. The maximum Gasteiger partial charge on any atom is 0.267 e. The second-order valence-corrected chi connectivity index (χ2v) is 2.55. The van der Waals surface area contributed by atoms with Crippen LogP contribution in [0.1, 0.15) is 17.6 Å². The summed E-state index contributed by atoms with van der Waals surface area (Å²) in [4.78, 5) is 0. The molecule has 0 saturated carbocycles. The molecule has 0 atom stereocenters. The van der Waals surface area contributed by atoms with Gasteiger partial charge in [0.2, 0.25) is 0 Å². The van der Waals surface area contributed by atoms with E-state index in [1.54, 1.807) is 12.1 Å². The fourth-order valence-electron chi connectivity index (χ4n) is 0.999. The molecular formula is C9H10F2O. The first-order valence-corrected chi connectivity index (χ1v) is 3.58. The summed E-state index contributed by atoms with van der Waals surface area (Å²) in [6.07, 6.45) is -2.47. The van der Waals surface area contributed by atoms with Crippen LogP contribution < -0.4 is 4.74 Å². The predicted molar refractivity (Wildman–Crippen MR) is 42.7 cm³/mol. The van der Waals surface area contributed by atoms with Crippen molar-refractivity contribution in [1.29, 1.82) is 0 Å². The Hall–Kier alpha value is -1.12. The van der Waals surface area contributed by atoms with Gasteiger partial charge in [0.25, 0.3) is 6.43 Å². The summed E-state index contributed by atoms with van der Waals surface area (Å²) < 4.78 is 29.3. The van der Waals surface area contributed by atoms with E-state index in [4.69, 9.17) is 4.74 Å². The summed E-state index contributed by atoms with van der Waals surface area (Å²) in [5.74, 6) is 0.255. The molecule has 0 aliphatic carbocycles. The van der Waals surface area contributed by atoms with E-state index in [2.05, 4.69) is 0 Å². The zero-order valence-electron chi connectivity index (χ0n) is 6.97. The summed E-state index contributed by atoms with van der Waals surface area (Å²) in [6, 6.07) is 4.63. The van der Waals surface area contributed by atoms with Crippen LogP contribution in [-0.2, 0) is 0 Å². The summed E-state index contributed by atoms with van der Waals surface area (Å²) in [5.41, 5.74) is 0.861. The maximum atomic E-state index is 12.3. The highest BCUT2D eigenvalue weighted by Crippen LogP contribution is 2.29. The second-order valence-electron chi connectivity index (χ2n) is 2.55. The molecule has 0 saturated heterocycles. The van der Waals surface area contributed by atoms with Crippen LogP contribution in [0.25, 0.3) is 0 Å². The normalized spacial score (nSPS) is 10.4. The highest BCUT2D eigenvalue weighted by molar-refractivity contribution is 5.37. The molecule has 0 unspecified atom stereocenters. The number of alkyl halides is 2. The Morgan fingerprint density at radius 2 is 2.00 bits per heavy atom. The van der Waals surface area contributed by atoms with Gasteiger partial charge in [0, 0.05) is 0 Å². The summed E-state index contributed by atoms with van der Waals surface area (Å²) in [6.45, 7) is 1.83. The number of ether oxygens (including phenoxy) is 1. The van der Waals surface area contributed by atoms with E-state index in [0.717, 1.165) is 5.56 Å². The number of benzene rings is 1. The van der Waals surface area contributed by atoms with Crippen LogP contribution in [0.5, 0.6) is 5.75 Å². The van der Waals surface area contributed by atoms with Crippen molar-refractivity contribution >= 4 is 0 Å². The average molecular weight is 172 g/mol. The van der Waals surface area contributed by atoms with Crippen LogP contribution in [0.15, 0.2) is 18.2 Å². The molecule has 0 aliphatic rings. The van der Waals surface area contributed by atoms with Crippen molar-refractivity contribution in [3.63, 3.8) is 0 Å². The van der Waals surface area contributed by atoms with Gasteiger partial charge in [-0.15, -0.1) is 0 Å². The molecule has 1 aromatic carbocycles. The number of aryl methyl sites for hydroxylation is 1. The zero-order valence-corrected chi connectivity index (χ0v) is 6.97. The monoisotopic (exact) mass is 172 g/mol. The topological polar surface area (TPSA) is 9.23 Å². The lowest BCUT2D eigenvalue weighted by Crippen LogP contribution is -1.92. The van der Waals surface area contributed by atoms with Gasteiger partial charge >= 0.3 is 0 Å². The summed E-state index contributed by atoms with van der Waals surface area (Å²) >= 11 is 0. The molecular weight excluding hydrogens is 162 g/mol. The van der Waals surface area contributed by atoms with E-state index in [9.17, 15) is 8.78 Å². The predicted octanol–water partition coefficient (Wildman–Crippen LogP) is 2.94. The summed E-state index contributed by atoms with van der Waals surface area (Å²) in [5, 5.41) is 0. The highest BCUT2D eigenvalue weighted by atomic mass is 19.3. The van der Waals surface area contributed by atoms with Crippen LogP contribution in [0.3, 0.4) is 0 Å². The van der Waals surface area contributed by atoms with Crippen LogP contribution >= 0.6 is 0 Å². The smallest absolute Gasteiger partial charge is 0.267 e. The van der Waals surface area contributed by atoms with Gasteiger partial charge in [0.05, 0.1) is 12.7 Å². The molecule has 0 fully saturated rings. The van der Waals surface area contributed by atoms with Crippen molar-refractivity contribution in [1.82, 2.24) is 0 Å². The minimum atomic E-state index is -2.47. The number of hydrogen-bond donors (Lipinski definition) is 0. The van der Waals surface area contributed by atoms with Crippen molar-refractivity contribution in [2.24, 2.45) is 0 Å². The van der Waals surface area contributed by atoms with Gasteiger partial charge in [-0.3, -0.25) is 0 Å². The Bertz CT molecular complexity index is 271. The largest absolute Gasteiger partial charge is 0.496 e. The minimum Gasteiger partial charge on any atom is -0.496 e. The van der Waals surface area contributed by atoms with Gasteiger partial charge in [0.15, 0.2) is 0 Å². The molecule has 0 N–H and O–H groups in total. The number of halogens is 2. The molecule has 1 nitrogen and oxygen atoms in total. The van der Waals surface area contributed by atoms with Gasteiger partial charge < -0.3 is 4.74 Å². The molecule has 3 heteroatoms. The lowest BCUT2D eigenvalue weighted by atomic mass is 10.1. The molecule has 1 rings (SSSR count). The molecule has 1 aromatic rings. The van der Waals surface area contributed by atoms with Gasteiger partial charge in [0.1, 0.15) is 5.75 Å². The van der Waals surface area contributed by atoms with E-state index < -0.39 is 6.43 Å². The molecule has 12 heavy (non-hydrogen) atoms. The van der Waals surface area contributed by atoms with Crippen molar-refractivity contribution in [3.05, 3.63) is 29.3 Å². The molecule has 0 heterocycles. The van der Waals surface area contributed by atoms with Crippen LogP contribution in [0.2, 0.25) is 0 Å². The van der Waals surface area contributed by atoms with E-state index in [1.165, 1.54) is 13.2 Å². The first kappa shape index (κ1) is 8.97. The Kier molecular flexibility index (Phi) is 2.63. The molecule has 66 valence electrons. The van der Waals surface area contributed by atoms with Crippen LogP contribution in [0, 0.1) is 6.92 Å².